The molecule has 0 saturated carbocycles. The number of hydrogen-bond donors (Lipinski definition) is 1. The van der Waals surface area contributed by atoms with Gasteiger partial charge in [0.05, 0.1) is 12.0 Å². The Kier molecular flexibility index (Phi) is 5.50. The molecule has 0 amide bonds. The number of benzene rings is 2. The number of aromatic nitrogens is 2. The summed E-state index contributed by atoms with van der Waals surface area (Å²) in [6, 6.07) is 16.2. The number of aryl methyl sites for hydroxylation is 2. The lowest BCUT2D eigenvalue weighted by Gasteiger charge is -2.06. The van der Waals surface area contributed by atoms with E-state index in [9.17, 15) is 4.79 Å². The van der Waals surface area contributed by atoms with Crippen molar-refractivity contribution in [1.82, 2.24) is 9.97 Å². The summed E-state index contributed by atoms with van der Waals surface area (Å²) in [5, 5.41) is 3.29. The lowest BCUT2D eigenvalue weighted by atomic mass is 10.1. The second kappa shape index (κ2) is 8.20. The molecule has 0 unspecified atom stereocenters. The summed E-state index contributed by atoms with van der Waals surface area (Å²) < 4.78 is 5.73. The van der Waals surface area contributed by atoms with Crippen LogP contribution in [0.5, 0.6) is 5.75 Å². The normalized spacial score (nSPS) is 11.1. The number of fused-ring (bicyclic) bond motifs is 1. The standard InChI is InChI=1S/C22H20N2O2S2/c1-14-3-7-16(8-4-14)18-13-28-21-19(18)20(25)23-22(24-21)27-12-11-26-17-9-5-15(2)6-10-17/h3-10,13H,11-12H2,1-2H3,(H,23,24,25). The zero-order chi connectivity index (χ0) is 19.5. The van der Waals surface area contributed by atoms with Crippen molar-refractivity contribution in [2.24, 2.45) is 0 Å². The fourth-order valence-electron chi connectivity index (χ4n) is 2.88. The van der Waals surface area contributed by atoms with Crippen molar-refractivity contribution in [3.8, 4) is 16.9 Å². The summed E-state index contributed by atoms with van der Waals surface area (Å²) in [5.74, 6) is 1.56. The fourth-order valence-corrected chi connectivity index (χ4v) is 4.56. The number of hydrogen-bond acceptors (Lipinski definition) is 5. The van der Waals surface area contributed by atoms with Crippen molar-refractivity contribution in [3.05, 3.63) is 75.4 Å². The Hall–Kier alpha value is -2.57. The second-order valence-electron chi connectivity index (χ2n) is 6.58. The molecule has 0 radical (unpaired) electrons. The predicted octanol–water partition coefficient (Wildman–Crippen LogP) is 5.44. The van der Waals surface area contributed by atoms with Crippen LogP contribution in [0.4, 0.5) is 0 Å². The fraction of sp³-hybridized carbons (Fsp3) is 0.182. The van der Waals surface area contributed by atoms with Crippen LogP contribution in [0.2, 0.25) is 0 Å². The minimum Gasteiger partial charge on any atom is -0.493 e. The minimum atomic E-state index is -0.0937. The van der Waals surface area contributed by atoms with E-state index >= 15 is 0 Å². The van der Waals surface area contributed by atoms with E-state index in [4.69, 9.17) is 4.74 Å². The van der Waals surface area contributed by atoms with Gasteiger partial charge in [-0.3, -0.25) is 4.79 Å². The summed E-state index contributed by atoms with van der Waals surface area (Å²) in [6.07, 6.45) is 0. The van der Waals surface area contributed by atoms with Crippen LogP contribution in [0, 0.1) is 13.8 Å². The van der Waals surface area contributed by atoms with Crippen molar-refractivity contribution < 1.29 is 4.74 Å². The number of ether oxygens (including phenoxy) is 1. The number of nitrogens with one attached hydrogen (secondary N) is 1. The van der Waals surface area contributed by atoms with Crippen LogP contribution in [0.3, 0.4) is 0 Å². The highest BCUT2D eigenvalue weighted by Crippen LogP contribution is 2.31. The molecule has 6 heteroatoms. The first kappa shape index (κ1) is 18.8. The summed E-state index contributed by atoms with van der Waals surface area (Å²) in [4.78, 5) is 21.0. The van der Waals surface area contributed by atoms with Gasteiger partial charge in [-0.15, -0.1) is 11.3 Å². The molecule has 0 saturated heterocycles. The molecule has 0 aliphatic carbocycles. The van der Waals surface area contributed by atoms with Gasteiger partial charge in [0.25, 0.3) is 5.56 Å². The number of H-pyrrole nitrogens is 1. The van der Waals surface area contributed by atoms with Gasteiger partial charge in [0, 0.05) is 16.7 Å². The molecule has 0 fully saturated rings. The lowest BCUT2D eigenvalue weighted by Crippen LogP contribution is -2.09. The van der Waals surface area contributed by atoms with Crippen LogP contribution >= 0.6 is 23.1 Å². The van der Waals surface area contributed by atoms with Crippen molar-refractivity contribution in [2.45, 2.75) is 19.0 Å². The largest absolute Gasteiger partial charge is 0.493 e. The van der Waals surface area contributed by atoms with E-state index in [2.05, 4.69) is 29.0 Å². The Morgan fingerprint density at radius 2 is 1.71 bits per heavy atom. The molecule has 4 nitrogen and oxygen atoms in total. The topological polar surface area (TPSA) is 55.0 Å². The SMILES string of the molecule is Cc1ccc(OCCSc2nc3scc(-c4ccc(C)cc4)c3c(=O)[nH]2)cc1. The van der Waals surface area contributed by atoms with Gasteiger partial charge in [0.1, 0.15) is 10.6 Å². The van der Waals surface area contributed by atoms with Gasteiger partial charge in [-0.05, 0) is 31.5 Å². The molecule has 0 aliphatic heterocycles. The molecule has 1 N–H and O–H groups in total. The summed E-state index contributed by atoms with van der Waals surface area (Å²) in [5.41, 5.74) is 4.28. The molecule has 0 spiro atoms. The highest BCUT2D eigenvalue weighted by Gasteiger charge is 2.13. The first-order valence-electron chi connectivity index (χ1n) is 9.01. The Balaban J connectivity index is 1.46. The van der Waals surface area contributed by atoms with Gasteiger partial charge in [0.15, 0.2) is 5.16 Å². The maximum absolute atomic E-state index is 12.7. The molecular formula is C22H20N2O2S2. The minimum absolute atomic E-state index is 0.0937. The monoisotopic (exact) mass is 408 g/mol. The molecule has 4 rings (SSSR count). The van der Waals surface area contributed by atoms with Gasteiger partial charge in [0.2, 0.25) is 0 Å². The zero-order valence-electron chi connectivity index (χ0n) is 15.7. The quantitative estimate of drug-likeness (QED) is 0.262. The molecule has 2 heterocycles. The van der Waals surface area contributed by atoms with Crippen molar-refractivity contribution in [3.63, 3.8) is 0 Å². The van der Waals surface area contributed by atoms with Crippen LogP contribution in [0.15, 0.2) is 63.9 Å². The Morgan fingerprint density at radius 1 is 1.04 bits per heavy atom. The molecule has 28 heavy (non-hydrogen) atoms. The average Bonchev–Trinajstić information content (AvgIpc) is 3.12. The third kappa shape index (κ3) is 4.13. The van der Waals surface area contributed by atoms with Crippen molar-refractivity contribution in [1.29, 1.82) is 0 Å². The zero-order valence-corrected chi connectivity index (χ0v) is 17.3. The van der Waals surface area contributed by atoms with E-state index in [0.717, 1.165) is 21.7 Å². The van der Waals surface area contributed by atoms with Gasteiger partial charge in [-0.2, -0.15) is 0 Å². The van der Waals surface area contributed by atoms with Crippen LogP contribution in [-0.2, 0) is 0 Å². The van der Waals surface area contributed by atoms with E-state index < -0.39 is 0 Å². The molecule has 0 aliphatic rings. The Bertz CT molecular complexity index is 1150. The van der Waals surface area contributed by atoms with Gasteiger partial charge >= 0.3 is 0 Å². The van der Waals surface area contributed by atoms with Crippen LogP contribution < -0.4 is 10.3 Å². The summed E-state index contributed by atoms with van der Waals surface area (Å²) >= 11 is 3.00. The van der Waals surface area contributed by atoms with Crippen LogP contribution in [0.25, 0.3) is 21.3 Å². The Labute approximate surface area is 171 Å². The van der Waals surface area contributed by atoms with Gasteiger partial charge in [-0.1, -0.05) is 59.3 Å². The molecule has 0 bridgehead atoms. The molecule has 142 valence electrons. The van der Waals surface area contributed by atoms with E-state index in [1.807, 2.05) is 48.7 Å². The molecule has 4 aromatic rings. The maximum Gasteiger partial charge on any atom is 0.260 e. The van der Waals surface area contributed by atoms with E-state index in [1.54, 1.807) is 0 Å². The van der Waals surface area contributed by atoms with E-state index in [1.165, 1.54) is 34.2 Å². The first-order valence-corrected chi connectivity index (χ1v) is 10.9. The number of aromatic amines is 1. The first-order chi connectivity index (χ1) is 13.6. The summed E-state index contributed by atoms with van der Waals surface area (Å²) in [6.45, 7) is 4.65. The number of thiophene rings is 1. The Morgan fingerprint density at radius 3 is 2.43 bits per heavy atom. The van der Waals surface area contributed by atoms with Crippen LogP contribution in [-0.4, -0.2) is 22.3 Å². The predicted molar refractivity (Wildman–Crippen MR) is 118 cm³/mol. The molecule has 2 aromatic carbocycles. The van der Waals surface area contributed by atoms with E-state index in [0.29, 0.717) is 22.9 Å². The average molecular weight is 409 g/mol. The third-order valence-electron chi connectivity index (χ3n) is 4.40. The highest BCUT2D eigenvalue weighted by atomic mass is 32.2. The second-order valence-corrected chi connectivity index (χ2v) is 8.52. The lowest BCUT2D eigenvalue weighted by molar-refractivity contribution is 0.344. The molecule has 0 atom stereocenters. The highest BCUT2D eigenvalue weighted by molar-refractivity contribution is 7.99. The molecule has 2 aromatic heterocycles. The number of nitrogens with zero attached hydrogens (tertiary/aromatic N) is 1. The maximum atomic E-state index is 12.7. The van der Waals surface area contributed by atoms with E-state index in [-0.39, 0.29) is 5.56 Å². The smallest absolute Gasteiger partial charge is 0.260 e. The van der Waals surface area contributed by atoms with Crippen molar-refractivity contribution >= 4 is 33.3 Å². The number of rotatable bonds is 6. The number of thioether (sulfide) groups is 1. The van der Waals surface area contributed by atoms with Gasteiger partial charge in [-0.25, -0.2) is 4.98 Å². The van der Waals surface area contributed by atoms with Crippen LogP contribution in [0.1, 0.15) is 11.1 Å². The summed E-state index contributed by atoms with van der Waals surface area (Å²) in [7, 11) is 0. The van der Waals surface area contributed by atoms with Crippen molar-refractivity contribution in [2.75, 3.05) is 12.4 Å². The third-order valence-corrected chi connectivity index (χ3v) is 6.11. The molecular weight excluding hydrogens is 388 g/mol. The van der Waals surface area contributed by atoms with Gasteiger partial charge < -0.3 is 9.72 Å².